The minimum Gasteiger partial charge on any atom is -0.433 e. The van der Waals surface area contributed by atoms with Crippen molar-refractivity contribution in [1.29, 1.82) is 0 Å². The van der Waals surface area contributed by atoms with Gasteiger partial charge in [0.05, 0.1) is 18.8 Å². The number of nitrogens with zero attached hydrogens (tertiary/aromatic N) is 7. The number of carbonyl (C=O) groups excluding carboxylic acids is 2. The topological polar surface area (TPSA) is 142 Å². The van der Waals surface area contributed by atoms with Gasteiger partial charge in [-0.2, -0.15) is 8.78 Å². The quantitative estimate of drug-likeness (QED) is 0.241. The molecule has 0 saturated heterocycles. The number of hydrogen-bond acceptors (Lipinski definition) is 8. The van der Waals surface area contributed by atoms with E-state index in [-0.39, 0.29) is 30.3 Å². The fourth-order valence-corrected chi connectivity index (χ4v) is 3.70. The highest BCUT2D eigenvalue weighted by molar-refractivity contribution is 5.92. The Morgan fingerprint density at radius 3 is 2.48 bits per heavy atom. The fraction of sp³-hybridized carbons (Fsp3) is 0.346. The van der Waals surface area contributed by atoms with Crippen molar-refractivity contribution >= 4 is 17.6 Å². The molecule has 4 aromatic rings. The van der Waals surface area contributed by atoms with Crippen molar-refractivity contribution in [3.05, 3.63) is 77.5 Å². The van der Waals surface area contributed by atoms with Gasteiger partial charge >= 0.3 is 6.11 Å². The van der Waals surface area contributed by atoms with Gasteiger partial charge in [0, 0.05) is 38.4 Å². The monoisotopic (exact) mass is 553 g/mol. The second kappa shape index (κ2) is 12.9. The Morgan fingerprint density at radius 1 is 1.00 bits per heavy atom. The number of benzene rings is 1. The Hall–Kier alpha value is -4.75. The van der Waals surface area contributed by atoms with E-state index < -0.39 is 12.0 Å². The zero-order chi connectivity index (χ0) is 28.5. The SMILES string of the molecule is Cc1ccc(CC(=O)Nc2cn(CCCCn3cc(C(=O)NCc4cccc(OC(C)(F)F)c4)nn3)nn2)cn1. The second-order valence-corrected chi connectivity index (χ2v) is 9.21. The summed E-state index contributed by atoms with van der Waals surface area (Å²) in [6.07, 6.45) is 3.27. The smallest absolute Gasteiger partial charge is 0.394 e. The van der Waals surface area contributed by atoms with Gasteiger partial charge in [0.25, 0.3) is 5.91 Å². The van der Waals surface area contributed by atoms with Crippen LogP contribution >= 0.6 is 0 Å². The Bertz CT molecular complexity index is 1430. The number of hydrogen-bond donors (Lipinski definition) is 2. The van der Waals surface area contributed by atoms with E-state index in [1.165, 1.54) is 12.1 Å². The molecule has 0 atom stereocenters. The second-order valence-electron chi connectivity index (χ2n) is 9.21. The predicted molar refractivity (Wildman–Crippen MR) is 139 cm³/mol. The largest absolute Gasteiger partial charge is 0.433 e. The van der Waals surface area contributed by atoms with E-state index in [9.17, 15) is 18.4 Å². The van der Waals surface area contributed by atoms with Crippen molar-refractivity contribution in [2.24, 2.45) is 0 Å². The molecule has 2 N–H and O–H groups in total. The maximum atomic E-state index is 13.1. The minimum absolute atomic E-state index is 0.00736. The molecule has 3 aromatic heterocycles. The predicted octanol–water partition coefficient (Wildman–Crippen LogP) is 3.16. The summed E-state index contributed by atoms with van der Waals surface area (Å²) < 4.78 is 33.9. The molecule has 210 valence electrons. The van der Waals surface area contributed by atoms with Crippen molar-refractivity contribution < 1.29 is 23.1 Å². The van der Waals surface area contributed by atoms with E-state index in [0.717, 1.165) is 24.1 Å². The van der Waals surface area contributed by atoms with Crippen LogP contribution in [0.5, 0.6) is 5.75 Å². The molecule has 0 saturated carbocycles. The zero-order valence-corrected chi connectivity index (χ0v) is 22.0. The summed E-state index contributed by atoms with van der Waals surface area (Å²) in [6, 6.07) is 9.82. The number of aromatic nitrogens is 7. The Kier molecular flexibility index (Phi) is 9.09. The van der Waals surface area contributed by atoms with E-state index in [2.05, 4.69) is 41.0 Å². The lowest BCUT2D eigenvalue weighted by Crippen LogP contribution is -2.23. The third-order valence-corrected chi connectivity index (χ3v) is 5.59. The van der Waals surface area contributed by atoms with Crippen molar-refractivity contribution in [3.63, 3.8) is 0 Å². The van der Waals surface area contributed by atoms with E-state index in [1.54, 1.807) is 40.1 Å². The zero-order valence-electron chi connectivity index (χ0n) is 22.0. The lowest BCUT2D eigenvalue weighted by Gasteiger charge is -2.13. The standard InChI is InChI=1S/C26H29F2N9O3/c1-18-8-9-20(14-29-18)13-24(38)31-23-17-37(35-33-23)11-4-3-10-36-16-22(32-34-36)25(39)30-15-19-6-5-7-21(12-19)40-26(2,27)28/h5-9,12,14,16-17H,3-4,10-11,13,15H2,1-2H3,(H,30,39)(H,31,38). The molecule has 0 fully saturated rings. The van der Waals surface area contributed by atoms with Crippen LogP contribution in [-0.2, 0) is 30.8 Å². The van der Waals surface area contributed by atoms with Gasteiger partial charge in [0.15, 0.2) is 11.5 Å². The molecule has 0 aliphatic carbocycles. The molecule has 14 heteroatoms. The minimum atomic E-state index is -3.30. The number of carbonyl (C=O) groups is 2. The molecule has 0 bridgehead atoms. The summed E-state index contributed by atoms with van der Waals surface area (Å²) in [5.74, 6) is -0.255. The van der Waals surface area contributed by atoms with Gasteiger partial charge in [-0.25, -0.2) is 0 Å². The molecule has 4 rings (SSSR count). The molecule has 0 unspecified atom stereocenters. The summed E-state index contributed by atoms with van der Waals surface area (Å²) in [5, 5.41) is 21.3. The average Bonchev–Trinajstić information content (AvgIpc) is 3.55. The number of unbranched alkanes of at least 4 members (excludes halogenated alkanes) is 1. The van der Waals surface area contributed by atoms with Gasteiger partial charge in [0.1, 0.15) is 5.75 Å². The third-order valence-electron chi connectivity index (χ3n) is 5.59. The van der Waals surface area contributed by atoms with E-state index in [4.69, 9.17) is 0 Å². The van der Waals surface area contributed by atoms with Crippen LogP contribution in [0.4, 0.5) is 14.6 Å². The highest BCUT2D eigenvalue weighted by Gasteiger charge is 2.23. The van der Waals surface area contributed by atoms with Gasteiger partial charge in [-0.1, -0.05) is 28.6 Å². The summed E-state index contributed by atoms with van der Waals surface area (Å²) in [7, 11) is 0. The molecule has 1 aromatic carbocycles. The normalized spacial score (nSPS) is 11.3. The number of halogens is 2. The van der Waals surface area contributed by atoms with Crippen LogP contribution in [0.25, 0.3) is 0 Å². The van der Waals surface area contributed by atoms with Crippen LogP contribution in [0.15, 0.2) is 55.0 Å². The first-order chi connectivity index (χ1) is 19.1. The average molecular weight is 554 g/mol. The Balaban J connectivity index is 1.16. The lowest BCUT2D eigenvalue weighted by molar-refractivity contribution is -0.159. The summed E-state index contributed by atoms with van der Waals surface area (Å²) in [5.41, 5.74) is 2.44. The van der Waals surface area contributed by atoms with Crippen molar-refractivity contribution in [2.45, 2.75) is 58.9 Å². The van der Waals surface area contributed by atoms with Crippen molar-refractivity contribution in [1.82, 2.24) is 40.3 Å². The maximum absolute atomic E-state index is 13.1. The first kappa shape index (κ1) is 28.3. The first-order valence-electron chi connectivity index (χ1n) is 12.6. The molecule has 40 heavy (non-hydrogen) atoms. The molecule has 0 radical (unpaired) electrons. The van der Waals surface area contributed by atoms with Crippen molar-refractivity contribution in [2.75, 3.05) is 5.32 Å². The molecule has 3 heterocycles. The lowest BCUT2D eigenvalue weighted by atomic mass is 10.2. The molecule has 12 nitrogen and oxygen atoms in total. The highest BCUT2D eigenvalue weighted by atomic mass is 19.3. The van der Waals surface area contributed by atoms with E-state index in [1.807, 2.05) is 19.1 Å². The highest BCUT2D eigenvalue weighted by Crippen LogP contribution is 2.21. The van der Waals surface area contributed by atoms with Gasteiger partial charge in [-0.3, -0.25) is 23.9 Å². The summed E-state index contributed by atoms with van der Waals surface area (Å²) in [6.45, 7) is 3.77. The summed E-state index contributed by atoms with van der Waals surface area (Å²) >= 11 is 0. The van der Waals surface area contributed by atoms with Crippen LogP contribution in [0, 0.1) is 6.92 Å². The van der Waals surface area contributed by atoms with Gasteiger partial charge < -0.3 is 15.4 Å². The number of aryl methyl sites for hydroxylation is 3. The van der Waals surface area contributed by atoms with Gasteiger partial charge in [0.2, 0.25) is 5.91 Å². The first-order valence-corrected chi connectivity index (χ1v) is 12.6. The van der Waals surface area contributed by atoms with Crippen LogP contribution in [0.1, 0.15) is 47.1 Å². The van der Waals surface area contributed by atoms with Crippen LogP contribution in [-0.4, -0.2) is 52.9 Å². The third kappa shape index (κ3) is 8.92. The van der Waals surface area contributed by atoms with Gasteiger partial charge in [-0.05, 0) is 49.1 Å². The number of ether oxygens (including phenoxy) is 1. The van der Waals surface area contributed by atoms with Crippen LogP contribution in [0.3, 0.4) is 0 Å². The van der Waals surface area contributed by atoms with E-state index >= 15 is 0 Å². The van der Waals surface area contributed by atoms with Crippen molar-refractivity contribution in [3.8, 4) is 5.75 Å². The Labute approximate surface area is 228 Å². The van der Waals surface area contributed by atoms with Gasteiger partial charge in [-0.15, -0.1) is 10.2 Å². The number of pyridine rings is 1. The van der Waals surface area contributed by atoms with Crippen LogP contribution < -0.4 is 15.4 Å². The molecular formula is C26H29F2N9O3. The van der Waals surface area contributed by atoms with Crippen LogP contribution in [0.2, 0.25) is 0 Å². The number of amides is 2. The van der Waals surface area contributed by atoms with E-state index in [0.29, 0.717) is 31.4 Å². The molecular weight excluding hydrogens is 524 g/mol. The number of rotatable bonds is 13. The number of alkyl halides is 2. The fourth-order valence-electron chi connectivity index (χ4n) is 3.70. The molecule has 0 spiro atoms. The number of anilines is 1. The maximum Gasteiger partial charge on any atom is 0.394 e. The molecule has 0 aliphatic rings. The molecule has 0 aliphatic heterocycles. The molecule has 2 amide bonds. The summed E-state index contributed by atoms with van der Waals surface area (Å²) in [4.78, 5) is 28.8. The number of nitrogens with one attached hydrogen (secondary N) is 2. The Morgan fingerprint density at radius 2 is 1.75 bits per heavy atom.